The van der Waals surface area contributed by atoms with Crippen LogP contribution in [0.2, 0.25) is 5.15 Å². The molecule has 0 radical (unpaired) electrons. The van der Waals surface area contributed by atoms with E-state index in [9.17, 15) is 4.79 Å². The standard InChI is InChI=1S/C15H16ClN3O/c1-9(2)13-7-11(8-14(16)18-13)15(20)19-12-5-4-6-17-10(12)3/h4-9H,1-3H3,(H,19,20). The summed E-state index contributed by atoms with van der Waals surface area (Å²) in [7, 11) is 0. The molecule has 0 atom stereocenters. The van der Waals surface area contributed by atoms with E-state index in [1.807, 2.05) is 26.8 Å². The van der Waals surface area contributed by atoms with Gasteiger partial charge in [-0.05, 0) is 37.1 Å². The monoisotopic (exact) mass is 289 g/mol. The lowest BCUT2D eigenvalue weighted by Gasteiger charge is -2.10. The fourth-order valence-corrected chi connectivity index (χ4v) is 1.97. The van der Waals surface area contributed by atoms with Gasteiger partial charge < -0.3 is 5.32 Å². The predicted octanol–water partition coefficient (Wildman–Crippen LogP) is 3.81. The molecule has 0 spiro atoms. The Labute approximate surface area is 123 Å². The van der Waals surface area contributed by atoms with Crippen LogP contribution in [0, 0.1) is 6.92 Å². The molecule has 0 aliphatic carbocycles. The first-order chi connectivity index (χ1) is 9.47. The van der Waals surface area contributed by atoms with Crippen molar-refractivity contribution in [2.45, 2.75) is 26.7 Å². The summed E-state index contributed by atoms with van der Waals surface area (Å²) in [5.74, 6) is -0.00678. The molecule has 0 bridgehead atoms. The number of nitrogens with zero attached hydrogens (tertiary/aromatic N) is 2. The smallest absolute Gasteiger partial charge is 0.255 e. The number of pyridine rings is 2. The zero-order valence-electron chi connectivity index (χ0n) is 11.6. The van der Waals surface area contributed by atoms with Crippen molar-refractivity contribution in [3.05, 3.63) is 52.6 Å². The summed E-state index contributed by atoms with van der Waals surface area (Å²) >= 11 is 5.97. The van der Waals surface area contributed by atoms with Crippen molar-refractivity contribution in [3.63, 3.8) is 0 Å². The molecule has 2 aromatic heterocycles. The van der Waals surface area contributed by atoms with E-state index in [0.717, 1.165) is 11.4 Å². The summed E-state index contributed by atoms with van der Waals surface area (Å²) in [4.78, 5) is 20.6. The normalized spacial score (nSPS) is 10.7. The first-order valence-corrected chi connectivity index (χ1v) is 6.75. The van der Waals surface area contributed by atoms with Gasteiger partial charge in [0.1, 0.15) is 5.15 Å². The van der Waals surface area contributed by atoms with Crippen molar-refractivity contribution >= 4 is 23.2 Å². The van der Waals surface area contributed by atoms with E-state index in [1.54, 1.807) is 24.4 Å². The van der Waals surface area contributed by atoms with E-state index in [2.05, 4.69) is 15.3 Å². The van der Waals surface area contributed by atoms with Crippen molar-refractivity contribution in [1.29, 1.82) is 0 Å². The van der Waals surface area contributed by atoms with Crippen LogP contribution in [0.4, 0.5) is 5.69 Å². The topological polar surface area (TPSA) is 54.9 Å². The second-order valence-electron chi connectivity index (χ2n) is 4.85. The summed E-state index contributed by atoms with van der Waals surface area (Å²) in [6.07, 6.45) is 1.69. The van der Waals surface area contributed by atoms with Gasteiger partial charge in [0.25, 0.3) is 5.91 Å². The fraction of sp³-hybridized carbons (Fsp3) is 0.267. The number of amides is 1. The highest BCUT2D eigenvalue weighted by Crippen LogP contribution is 2.19. The predicted molar refractivity (Wildman–Crippen MR) is 80.3 cm³/mol. The maximum Gasteiger partial charge on any atom is 0.255 e. The van der Waals surface area contributed by atoms with Crippen molar-refractivity contribution in [2.75, 3.05) is 5.32 Å². The van der Waals surface area contributed by atoms with Crippen LogP contribution in [0.1, 0.15) is 41.5 Å². The van der Waals surface area contributed by atoms with Crippen molar-refractivity contribution in [3.8, 4) is 0 Å². The van der Waals surface area contributed by atoms with Crippen molar-refractivity contribution < 1.29 is 4.79 Å². The van der Waals surface area contributed by atoms with Gasteiger partial charge in [-0.2, -0.15) is 0 Å². The number of hydrogen-bond donors (Lipinski definition) is 1. The Hall–Kier alpha value is -1.94. The van der Waals surface area contributed by atoms with E-state index >= 15 is 0 Å². The van der Waals surface area contributed by atoms with Crippen LogP contribution in [-0.4, -0.2) is 15.9 Å². The second-order valence-corrected chi connectivity index (χ2v) is 5.24. The lowest BCUT2D eigenvalue weighted by Crippen LogP contribution is -2.14. The Kier molecular flexibility index (Phi) is 4.35. The minimum absolute atomic E-state index is 0.209. The third-order valence-corrected chi connectivity index (χ3v) is 3.12. The van der Waals surface area contributed by atoms with Crippen LogP contribution in [-0.2, 0) is 0 Å². The van der Waals surface area contributed by atoms with Crippen molar-refractivity contribution in [1.82, 2.24) is 9.97 Å². The fourth-order valence-electron chi connectivity index (χ4n) is 1.75. The van der Waals surface area contributed by atoms with Crippen LogP contribution in [0.3, 0.4) is 0 Å². The number of rotatable bonds is 3. The van der Waals surface area contributed by atoms with Gasteiger partial charge >= 0.3 is 0 Å². The molecule has 2 aromatic rings. The minimum Gasteiger partial charge on any atom is -0.320 e. The molecule has 1 amide bonds. The lowest BCUT2D eigenvalue weighted by atomic mass is 10.1. The van der Waals surface area contributed by atoms with E-state index in [1.165, 1.54) is 0 Å². The zero-order valence-corrected chi connectivity index (χ0v) is 12.4. The molecule has 20 heavy (non-hydrogen) atoms. The Balaban J connectivity index is 2.28. The number of anilines is 1. The van der Waals surface area contributed by atoms with Gasteiger partial charge in [-0.15, -0.1) is 0 Å². The van der Waals surface area contributed by atoms with Crippen LogP contribution in [0.5, 0.6) is 0 Å². The van der Waals surface area contributed by atoms with E-state index in [0.29, 0.717) is 16.4 Å². The maximum absolute atomic E-state index is 12.3. The molecule has 2 heterocycles. The Bertz CT molecular complexity index is 641. The molecule has 0 saturated carbocycles. The molecule has 0 fully saturated rings. The third-order valence-electron chi connectivity index (χ3n) is 2.92. The molecule has 1 N–H and O–H groups in total. The van der Waals surface area contributed by atoms with Gasteiger partial charge in [-0.1, -0.05) is 25.4 Å². The molecule has 0 aliphatic rings. The summed E-state index contributed by atoms with van der Waals surface area (Å²) in [5, 5.41) is 3.16. The Morgan fingerprint density at radius 2 is 2.10 bits per heavy atom. The van der Waals surface area contributed by atoms with Gasteiger partial charge in [-0.3, -0.25) is 9.78 Å². The number of carbonyl (C=O) groups is 1. The average Bonchev–Trinajstić information content (AvgIpc) is 2.40. The molecule has 0 saturated heterocycles. The quantitative estimate of drug-likeness (QED) is 0.874. The van der Waals surface area contributed by atoms with Crippen LogP contribution in [0.15, 0.2) is 30.5 Å². The van der Waals surface area contributed by atoms with Crippen molar-refractivity contribution in [2.24, 2.45) is 0 Å². The molecule has 0 aliphatic heterocycles. The second kappa shape index (κ2) is 6.01. The van der Waals surface area contributed by atoms with Gasteiger partial charge in [0.05, 0.1) is 11.4 Å². The highest BCUT2D eigenvalue weighted by atomic mass is 35.5. The first kappa shape index (κ1) is 14.5. The summed E-state index contributed by atoms with van der Waals surface area (Å²) in [6, 6.07) is 6.92. The van der Waals surface area contributed by atoms with Gasteiger partial charge in [-0.25, -0.2) is 4.98 Å². The largest absolute Gasteiger partial charge is 0.320 e. The minimum atomic E-state index is -0.215. The lowest BCUT2D eigenvalue weighted by molar-refractivity contribution is 0.102. The number of nitrogens with one attached hydrogen (secondary N) is 1. The SMILES string of the molecule is Cc1ncccc1NC(=O)c1cc(Cl)nc(C(C)C)c1. The molecule has 2 rings (SSSR count). The average molecular weight is 290 g/mol. The van der Waals surface area contributed by atoms with Crippen LogP contribution in [0.25, 0.3) is 0 Å². The summed E-state index contributed by atoms with van der Waals surface area (Å²) in [6.45, 7) is 5.85. The molecule has 0 unspecified atom stereocenters. The molecule has 4 nitrogen and oxygen atoms in total. The molecule has 104 valence electrons. The van der Waals surface area contributed by atoms with Crippen LogP contribution >= 0.6 is 11.6 Å². The number of aryl methyl sites for hydroxylation is 1. The van der Waals surface area contributed by atoms with Gasteiger partial charge in [0.15, 0.2) is 0 Å². The van der Waals surface area contributed by atoms with Gasteiger partial charge in [0, 0.05) is 17.5 Å². The number of halogens is 1. The molecular formula is C15H16ClN3O. The zero-order chi connectivity index (χ0) is 14.7. The summed E-state index contributed by atoms with van der Waals surface area (Å²) in [5.41, 5.74) is 2.75. The van der Waals surface area contributed by atoms with Gasteiger partial charge in [0.2, 0.25) is 0 Å². The third kappa shape index (κ3) is 3.33. The van der Waals surface area contributed by atoms with E-state index < -0.39 is 0 Å². The van der Waals surface area contributed by atoms with E-state index in [4.69, 9.17) is 11.6 Å². The van der Waals surface area contributed by atoms with Crippen LogP contribution < -0.4 is 5.32 Å². The molecule has 5 heteroatoms. The number of hydrogen-bond acceptors (Lipinski definition) is 3. The highest BCUT2D eigenvalue weighted by molar-refractivity contribution is 6.29. The Morgan fingerprint density at radius 1 is 1.35 bits per heavy atom. The Morgan fingerprint density at radius 3 is 2.75 bits per heavy atom. The van der Waals surface area contributed by atoms with E-state index in [-0.39, 0.29) is 11.8 Å². The number of carbonyl (C=O) groups excluding carboxylic acids is 1. The number of aromatic nitrogens is 2. The molecule has 0 aromatic carbocycles. The summed E-state index contributed by atoms with van der Waals surface area (Å²) < 4.78 is 0. The molecular weight excluding hydrogens is 274 g/mol. The highest BCUT2D eigenvalue weighted by Gasteiger charge is 2.12. The first-order valence-electron chi connectivity index (χ1n) is 6.38. The maximum atomic E-state index is 12.3.